The minimum Gasteiger partial charge on any atom is -0.455 e. The molecule has 2 aromatic carbocycles. The van der Waals surface area contributed by atoms with Crippen molar-refractivity contribution in [1.82, 2.24) is 30.4 Å². The number of hydrogen-bond acceptors (Lipinski definition) is 6. The summed E-state index contributed by atoms with van der Waals surface area (Å²) in [4.78, 5) is 0. The second-order valence-electron chi connectivity index (χ2n) is 9.21. The van der Waals surface area contributed by atoms with E-state index in [1.165, 1.54) is 7.11 Å². The van der Waals surface area contributed by atoms with Crippen LogP contribution >= 0.6 is 15.9 Å². The summed E-state index contributed by atoms with van der Waals surface area (Å²) in [5.41, 5.74) is 5.03. The van der Waals surface area contributed by atoms with Crippen molar-refractivity contribution in [2.24, 2.45) is 0 Å². The topological polar surface area (TPSA) is 94.7 Å². The number of aromatic nitrogens is 6. The summed E-state index contributed by atoms with van der Waals surface area (Å²) in [5.74, 6) is 1.06. The summed E-state index contributed by atoms with van der Waals surface area (Å²) in [6.07, 6.45) is -1.83. The SMILES string of the molecule is CCCCc1c(Cc2ccc3oc(-c4ccccc4-c4nn[nH]n4)c(Br)c3c2)c(COC)nn1CC(F)(F)F. The minimum absolute atomic E-state index is 0.133. The zero-order chi connectivity index (χ0) is 27.6. The molecule has 5 rings (SSSR count). The van der Waals surface area contributed by atoms with Crippen LogP contribution in [0.3, 0.4) is 0 Å². The maximum absolute atomic E-state index is 13.4. The van der Waals surface area contributed by atoms with Crippen molar-refractivity contribution >= 4 is 26.9 Å². The van der Waals surface area contributed by atoms with E-state index in [0.29, 0.717) is 41.4 Å². The average Bonchev–Trinajstić information content (AvgIpc) is 3.62. The van der Waals surface area contributed by atoms with E-state index in [1.807, 2.05) is 49.4 Å². The van der Waals surface area contributed by atoms with Gasteiger partial charge in [-0.05, 0) is 51.7 Å². The fourth-order valence-electron chi connectivity index (χ4n) is 4.72. The van der Waals surface area contributed by atoms with Gasteiger partial charge in [0.15, 0.2) is 0 Å². The lowest BCUT2D eigenvalue weighted by Crippen LogP contribution is -2.20. The number of hydrogen-bond donors (Lipinski definition) is 1. The van der Waals surface area contributed by atoms with Gasteiger partial charge in [0, 0.05) is 41.3 Å². The molecule has 0 aliphatic heterocycles. The Morgan fingerprint density at radius 3 is 2.62 bits per heavy atom. The van der Waals surface area contributed by atoms with Crippen LogP contribution < -0.4 is 0 Å². The lowest BCUT2D eigenvalue weighted by molar-refractivity contribution is -0.143. The Hall–Kier alpha value is -3.51. The van der Waals surface area contributed by atoms with Gasteiger partial charge < -0.3 is 9.15 Å². The molecule has 0 unspecified atom stereocenters. The molecule has 0 atom stereocenters. The molecule has 5 aromatic rings. The van der Waals surface area contributed by atoms with Crippen LogP contribution in [0.25, 0.3) is 33.7 Å². The van der Waals surface area contributed by atoms with Gasteiger partial charge in [0.25, 0.3) is 0 Å². The maximum Gasteiger partial charge on any atom is 0.408 e. The number of halogens is 4. The van der Waals surface area contributed by atoms with Crippen LogP contribution in [0.1, 0.15) is 42.3 Å². The minimum atomic E-state index is -4.37. The van der Waals surface area contributed by atoms with E-state index < -0.39 is 12.7 Å². The first-order valence-electron chi connectivity index (χ1n) is 12.5. The predicted octanol–water partition coefficient (Wildman–Crippen LogP) is 6.88. The summed E-state index contributed by atoms with van der Waals surface area (Å²) in [6.45, 7) is 1.02. The summed E-state index contributed by atoms with van der Waals surface area (Å²) in [7, 11) is 1.51. The third kappa shape index (κ3) is 5.76. The smallest absolute Gasteiger partial charge is 0.408 e. The quantitative estimate of drug-likeness (QED) is 0.187. The van der Waals surface area contributed by atoms with Crippen molar-refractivity contribution < 1.29 is 22.3 Å². The van der Waals surface area contributed by atoms with E-state index >= 15 is 0 Å². The number of fused-ring (bicyclic) bond motifs is 1. The molecular weight excluding hydrogens is 577 g/mol. The largest absolute Gasteiger partial charge is 0.455 e. The van der Waals surface area contributed by atoms with Crippen LogP contribution in [0, 0.1) is 0 Å². The number of alkyl halides is 3. The monoisotopic (exact) mass is 602 g/mol. The molecule has 3 heterocycles. The highest BCUT2D eigenvalue weighted by Gasteiger charge is 2.31. The van der Waals surface area contributed by atoms with Gasteiger partial charge in [-0.25, -0.2) is 0 Å². The third-order valence-electron chi connectivity index (χ3n) is 6.46. The zero-order valence-corrected chi connectivity index (χ0v) is 22.9. The fourth-order valence-corrected chi connectivity index (χ4v) is 5.33. The van der Waals surface area contributed by atoms with Gasteiger partial charge in [-0.15, -0.1) is 10.2 Å². The van der Waals surface area contributed by atoms with Crippen molar-refractivity contribution in [1.29, 1.82) is 0 Å². The zero-order valence-electron chi connectivity index (χ0n) is 21.3. The number of furan rings is 1. The second-order valence-corrected chi connectivity index (χ2v) is 10.0. The average molecular weight is 603 g/mol. The molecular formula is C27H26BrF3N6O2. The number of H-pyrrole nitrogens is 1. The molecule has 0 saturated heterocycles. The molecule has 39 heavy (non-hydrogen) atoms. The Kier molecular flexibility index (Phi) is 7.85. The molecule has 0 amide bonds. The lowest BCUT2D eigenvalue weighted by Gasteiger charge is -2.12. The number of aromatic amines is 1. The van der Waals surface area contributed by atoms with Crippen LogP contribution in [0.5, 0.6) is 0 Å². The molecule has 0 aliphatic rings. The summed E-state index contributed by atoms with van der Waals surface area (Å²) in [6, 6.07) is 13.4. The van der Waals surface area contributed by atoms with E-state index in [1.54, 1.807) is 0 Å². The number of benzene rings is 2. The van der Waals surface area contributed by atoms with Gasteiger partial charge in [-0.1, -0.05) is 43.7 Å². The van der Waals surface area contributed by atoms with Gasteiger partial charge in [-0.2, -0.15) is 23.5 Å². The number of methoxy groups -OCH3 is 1. The van der Waals surface area contributed by atoms with Crippen molar-refractivity contribution in [3.05, 3.63) is 69.5 Å². The van der Waals surface area contributed by atoms with E-state index in [9.17, 15) is 13.2 Å². The van der Waals surface area contributed by atoms with Crippen molar-refractivity contribution in [3.63, 3.8) is 0 Å². The van der Waals surface area contributed by atoms with Crippen LogP contribution in [-0.4, -0.2) is 43.7 Å². The first-order valence-corrected chi connectivity index (χ1v) is 13.3. The number of ether oxygens (including phenoxy) is 1. The molecule has 0 aliphatic carbocycles. The summed E-state index contributed by atoms with van der Waals surface area (Å²) in [5, 5.41) is 19.5. The molecule has 8 nitrogen and oxygen atoms in total. The van der Waals surface area contributed by atoms with Crippen molar-refractivity contribution in [2.75, 3.05) is 7.11 Å². The van der Waals surface area contributed by atoms with Gasteiger partial charge in [0.1, 0.15) is 17.9 Å². The van der Waals surface area contributed by atoms with Crippen LogP contribution in [-0.2, 0) is 30.7 Å². The van der Waals surface area contributed by atoms with Crippen LogP contribution in [0.4, 0.5) is 13.2 Å². The number of rotatable bonds is 10. The third-order valence-corrected chi connectivity index (χ3v) is 7.24. The molecule has 0 radical (unpaired) electrons. The molecule has 3 aromatic heterocycles. The van der Waals surface area contributed by atoms with Gasteiger partial charge in [-0.3, -0.25) is 4.68 Å². The number of unbranched alkanes of at least 4 members (excludes halogenated alkanes) is 1. The second kappa shape index (κ2) is 11.3. The molecule has 0 saturated carbocycles. The first kappa shape index (κ1) is 27.1. The van der Waals surface area contributed by atoms with Crippen LogP contribution in [0.15, 0.2) is 51.4 Å². The number of nitrogens with one attached hydrogen (secondary N) is 1. The highest BCUT2D eigenvalue weighted by Crippen LogP contribution is 2.41. The van der Waals surface area contributed by atoms with Crippen LogP contribution in [0.2, 0.25) is 0 Å². The Morgan fingerprint density at radius 2 is 1.92 bits per heavy atom. The Bertz CT molecular complexity index is 1580. The molecule has 0 bridgehead atoms. The van der Waals surface area contributed by atoms with Crippen molar-refractivity contribution in [2.45, 2.75) is 51.9 Å². The molecule has 204 valence electrons. The van der Waals surface area contributed by atoms with E-state index in [-0.39, 0.29) is 6.61 Å². The number of nitrogens with zero attached hydrogens (tertiary/aromatic N) is 5. The summed E-state index contributed by atoms with van der Waals surface area (Å²) >= 11 is 3.71. The summed E-state index contributed by atoms with van der Waals surface area (Å²) < 4.78 is 53.4. The molecule has 12 heteroatoms. The molecule has 0 fully saturated rings. The fraction of sp³-hybridized carbons (Fsp3) is 0.333. The first-order chi connectivity index (χ1) is 18.8. The maximum atomic E-state index is 13.4. The highest BCUT2D eigenvalue weighted by molar-refractivity contribution is 9.10. The highest BCUT2D eigenvalue weighted by atomic mass is 79.9. The Labute approximate surface area is 230 Å². The standard InChI is InChI=1S/C27H26BrF3N6O2/c1-3-4-9-22-19(21(14-38-2)34-37(22)15-27(29,30)31)12-16-10-11-23-20(13-16)24(28)25(39-23)17-7-5-6-8-18(17)26-32-35-36-33-26/h5-8,10-11,13H,3-4,9,12,14-15H2,1-2H3,(H,32,33,35,36). The normalized spacial score (nSPS) is 12.1. The van der Waals surface area contributed by atoms with Crippen molar-refractivity contribution in [3.8, 4) is 22.7 Å². The van der Waals surface area contributed by atoms with E-state index in [2.05, 4.69) is 41.7 Å². The Balaban J connectivity index is 1.55. The van der Waals surface area contributed by atoms with Gasteiger partial charge in [0.2, 0.25) is 5.82 Å². The molecule has 0 spiro atoms. The Morgan fingerprint density at radius 1 is 1.13 bits per heavy atom. The molecule has 1 N–H and O–H groups in total. The van der Waals surface area contributed by atoms with E-state index in [4.69, 9.17) is 9.15 Å². The number of tetrazole rings is 1. The van der Waals surface area contributed by atoms with E-state index in [0.717, 1.165) is 49.6 Å². The predicted molar refractivity (Wildman–Crippen MR) is 143 cm³/mol. The van der Waals surface area contributed by atoms with Gasteiger partial charge >= 0.3 is 6.18 Å². The lowest BCUT2D eigenvalue weighted by atomic mass is 9.99. The van der Waals surface area contributed by atoms with Gasteiger partial charge in [0.05, 0.1) is 16.8 Å².